The highest BCUT2D eigenvalue weighted by Crippen LogP contribution is 2.23. The van der Waals surface area contributed by atoms with Crippen LogP contribution in [-0.2, 0) is 0 Å². The number of aromatic nitrogens is 1. The van der Waals surface area contributed by atoms with Gasteiger partial charge >= 0.3 is 0 Å². The lowest BCUT2D eigenvalue weighted by molar-refractivity contribution is -0.384. The molecule has 98 valence electrons. The van der Waals surface area contributed by atoms with Crippen molar-refractivity contribution in [3.05, 3.63) is 51.0 Å². The number of hydrogen-bond acceptors (Lipinski definition) is 6. The van der Waals surface area contributed by atoms with Gasteiger partial charge in [0.2, 0.25) is 0 Å². The Morgan fingerprint density at radius 1 is 1.53 bits per heavy atom. The summed E-state index contributed by atoms with van der Waals surface area (Å²) in [5.41, 5.74) is 1.21. The first-order chi connectivity index (χ1) is 9.06. The van der Waals surface area contributed by atoms with Crippen LogP contribution in [0.25, 0.3) is 0 Å². The number of nitro benzene ring substituents is 1. The van der Waals surface area contributed by atoms with Crippen LogP contribution in [0.3, 0.4) is 0 Å². The van der Waals surface area contributed by atoms with Gasteiger partial charge in [-0.25, -0.2) is 4.98 Å². The number of carbonyl (C=O) groups excluding carboxylic acids is 1. The molecule has 1 heterocycles. The van der Waals surface area contributed by atoms with Gasteiger partial charge in [0.25, 0.3) is 5.69 Å². The molecule has 2 rings (SSSR count). The van der Waals surface area contributed by atoms with Crippen LogP contribution in [0.2, 0.25) is 0 Å². The van der Waals surface area contributed by atoms with Crippen LogP contribution in [0, 0.1) is 17.0 Å². The van der Waals surface area contributed by atoms with Crippen molar-refractivity contribution in [2.45, 2.75) is 11.3 Å². The van der Waals surface area contributed by atoms with Gasteiger partial charge in [0.15, 0.2) is 10.1 Å². The first-order valence-electron chi connectivity index (χ1n) is 5.39. The number of non-ortho nitro benzene ring substituents is 1. The van der Waals surface area contributed by atoms with Gasteiger partial charge in [-0.3, -0.25) is 14.9 Å². The molecule has 2 aromatic rings. The number of nitro groups is 1. The van der Waals surface area contributed by atoms with Crippen molar-refractivity contribution in [1.82, 2.24) is 4.98 Å². The summed E-state index contributed by atoms with van der Waals surface area (Å²) in [6.07, 6.45) is 0. The molecule has 7 heteroatoms. The Hall–Kier alpha value is -1.73. The minimum atomic E-state index is -0.506. The van der Waals surface area contributed by atoms with Gasteiger partial charge in [-0.2, -0.15) is 0 Å². The number of thioether (sulfide) groups is 1. The van der Waals surface area contributed by atoms with Gasteiger partial charge in [0.1, 0.15) is 0 Å². The zero-order valence-electron chi connectivity index (χ0n) is 10.0. The molecule has 0 unspecified atom stereocenters. The molecule has 1 aromatic heterocycles. The Morgan fingerprint density at radius 3 is 2.95 bits per heavy atom. The number of carbonyl (C=O) groups is 1. The molecule has 0 spiro atoms. The van der Waals surface area contributed by atoms with E-state index in [-0.39, 0.29) is 17.2 Å². The van der Waals surface area contributed by atoms with Crippen LogP contribution in [0.5, 0.6) is 0 Å². The lowest BCUT2D eigenvalue weighted by Gasteiger charge is -1.99. The summed E-state index contributed by atoms with van der Waals surface area (Å²) in [5, 5.41) is 12.6. The maximum atomic E-state index is 11.9. The smallest absolute Gasteiger partial charge is 0.270 e. The first kappa shape index (κ1) is 13.7. The van der Waals surface area contributed by atoms with Crippen molar-refractivity contribution in [3.63, 3.8) is 0 Å². The highest BCUT2D eigenvalue weighted by molar-refractivity contribution is 8.01. The molecular formula is C12H10N2O3S2. The molecule has 0 saturated carbocycles. The minimum absolute atomic E-state index is 0.0686. The molecule has 5 nitrogen and oxygen atoms in total. The molecule has 0 amide bonds. The summed E-state index contributed by atoms with van der Waals surface area (Å²) in [6.45, 7) is 1.89. The molecular weight excluding hydrogens is 284 g/mol. The van der Waals surface area contributed by atoms with E-state index in [4.69, 9.17) is 0 Å². The normalized spacial score (nSPS) is 10.4. The van der Waals surface area contributed by atoms with E-state index in [9.17, 15) is 14.9 Å². The van der Waals surface area contributed by atoms with Crippen LogP contribution < -0.4 is 0 Å². The van der Waals surface area contributed by atoms with Crippen molar-refractivity contribution in [2.24, 2.45) is 0 Å². The molecule has 0 radical (unpaired) electrons. The van der Waals surface area contributed by atoms with Gasteiger partial charge in [-0.05, 0) is 6.92 Å². The maximum Gasteiger partial charge on any atom is 0.270 e. The zero-order valence-corrected chi connectivity index (χ0v) is 11.7. The standard InChI is InChI=1S/C12H10N2O3S2/c1-8-6-18-12(13-8)19-7-11(15)9-3-2-4-10(5-9)14(16)17/h2-6H,7H2,1H3. The highest BCUT2D eigenvalue weighted by atomic mass is 32.2. The quantitative estimate of drug-likeness (QED) is 0.366. The molecule has 0 fully saturated rings. The number of thiazole rings is 1. The van der Waals surface area contributed by atoms with Gasteiger partial charge in [-0.15, -0.1) is 11.3 Å². The fourth-order valence-electron chi connectivity index (χ4n) is 1.40. The maximum absolute atomic E-state index is 11.9. The van der Waals surface area contributed by atoms with E-state index < -0.39 is 4.92 Å². The Balaban J connectivity index is 2.03. The molecule has 0 atom stereocenters. The lowest BCUT2D eigenvalue weighted by atomic mass is 10.1. The van der Waals surface area contributed by atoms with Crippen molar-refractivity contribution in [1.29, 1.82) is 0 Å². The van der Waals surface area contributed by atoms with E-state index >= 15 is 0 Å². The van der Waals surface area contributed by atoms with Crippen molar-refractivity contribution in [2.75, 3.05) is 5.75 Å². The fraction of sp³-hybridized carbons (Fsp3) is 0.167. The van der Waals surface area contributed by atoms with E-state index in [0.29, 0.717) is 5.56 Å². The van der Waals surface area contributed by atoms with Gasteiger partial charge in [0.05, 0.1) is 10.7 Å². The second-order valence-electron chi connectivity index (χ2n) is 3.77. The minimum Gasteiger partial charge on any atom is -0.293 e. The highest BCUT2D eigenvalue weighted by Gasteiger charge is 2.12. The monoisotopic (exact) mass is 294 g/mol. The largest absolute Gasteiger partial charge is 0.293 e. The summed E-state index contributed by atoms with van der Waals surface area (Å²) in [5.74, 6) is 0.0928. The molecule has 0 aliphatic carbocycles. The number of rotatable bonds is 5. The summed E-state index contributed by atoms with van der Waals surface area (Å²) in [4.78, 5) is 26.3. The van der Waals surface area contributed by atoms with Crippen molar-refractivity contribution in [3.8, 4) is 0 Å². The predicted molar refractivity (Wildman–Crippen MR) is 75.0 cm³/mol. The summed E-state index contributed by atoms with van der Waals surface area (Å²) in [6, 6.07) is 5.77. The number of Topliss-reactive ketones (excluding diaryl/α,β-unsaturated/α-hetero) is 1. The van der Waals surface area contributed by atoms with Gasteiger partial charge in [0, 0.05) is 28.8 Å². The Kier molecular flexibility index (Phi) is 4.28. The lowest BCUT2D eigenvalue weighted by Crippen LogP contribution is -2.03. The average molecular weight is 294 g/mol. The van der Waals surface area contributed by atoms with Crippen LogP contribution in [0.1, 0.15) is 16.1 Å². The topological polar surface area (TPSA) is 73.1 Å². The Bertz CT molecular complexity index is 625. The number of hydrogen-bond donors (Lipinski definition) is 0. The van der Waals surface area contributed by atoms with Crippen LogP contribution in [0.15, 0.2) is 34.0 Å². The first-order valence-corrected chi connectivity index (χ1v) is 7.25. The van der Waals surface area contributed by atoms with Crippen LogP contribution in [0.4, 0.5) is 5.69 Å². The van der Waals surface area contributed by atoms with Crippen LogP contribution in [-0.4, -0.2) is 21.4 Å². The molecule has 0 saturated heterocycles. The third-order valence-corrected chi connectivity index (χ3v) is 4.44. The number of aryl methyl sites for hydroxylation is 1. The van der Waals surface area contributed by atoms with E-state index in [1.807, 2.05) is 12.3 Å². The van der Waals surface area contributed by atoms with Gasteiger partial charge in [-0.1, -0.05) is 23.9 Å². The Labute approximate surface area is 117 Å². The molecule has 0 aliphatic rings. The molecule has 19 heavy (non-hydrogen) atoms. The third kappa shape index (κ3) is 3.62. The summed E-state index contributed by atoms with van der Waals surface area (Å²) < 4.78 is 0.830. The molecule has 0 aliphatic heterocycles. The average Bonchev–Trinajstić information content (AvgIpc) is 2.82. The third-order valence-electron chi connectivity index (χ3n) is 2.30. The van der Waals surface area contributed by atoms with E-state index in [1.54, 1.807) is 6.07 Å². The zero-order chi connectivity index (χ0) is 13.8. The Morgan fingerprint density at radius 2 is 2.32 bits per heavy atom. The second kappa shape index (κ2) is 5.94. The number of benzene rings is 1. The predicted octanol–water partition coefficient (Wildman–Crippen LogP) is 3.33. The second-order valence-corrected chi connectivity index (χ2v) is 5.85. The molecule has 0 N–H and O–H groups in total. The van der Waals surface area contributed by atoms with E-state index in [2.05, 4.69) is 4.98 Å². The van der Waals surface area contributed by atoms with Crippen molar-refractivity contribution >= 4 is 34.6 Å². The molecule has 1 aromatic carbocycles. The van der Waals surface area contributed by atoms with Crippen molar-refractivity contribution < 1.29 is 9.72 Å². The molecule has 0 bridgehead atoms. The summed E-state index contributed by atoms with van der Waals surface area (Å²) >= 11 is 2.83. The number of ketones is 1. The van der Waals surface area contributed by atoms with E-state index in [0.717, 1.165) is 10.0 Å². The van der Waals surface area contributed by atoms with Crippen LogP contribution >= 0.6 is 23.1 Å². The summed E-state index contributed by atoms with van der Waals surface area (Å²) in [7, 11) is 0. The SMILES string of the molecule is Cc1csc(SCC(=O)c2cccc([N+](=O)[O-])c2)n1. The fourth-order valence-corrected chi connectivity index (χ4v) is 3.15. The van der Waals surface area contributed by atoms with Gasteiger partial charge < -0.3 is 0 Å². The number of nitrogens with zero attached hydrogens (tertiary/aromatic N) is 2. The van der Waals surface area contributed by atoms with E-state index in [1.165, 1.54) is 41.3 Å².